The van der Waals surface area contributed by atoms with Crippen molar-refractivity contribution in [3.05, 3.63) is 34.9 Å². The molecular formula is C12H10ClN3O3S. The zero-order valence-electron chi connectivity index (χ0n) is 10.1. The molecule has 0 bridgehead atoms. The minimum atomic E-state index is -1.03. The minimum absolute atomic E-state index is 0.243. The standard InChI is InChI=1S/C12H10ClN3O3S/c13-8-3-1-2-7(4-8)6-14-16-12-15-11(19)9(20-12)5-10(17)18/h1-4,6,9H,5H2,(H,17,18)(H,15,16,19). The molecule has 1 fully saturated rings. The second kappa shape index (κ2) is 6.53. The summed E-state index contributed by atoms with van der Waals surface area (Å²) < 4.78 is 0. The van der Waals surface area contributed by atoms with E-state index < -0.39 is 11.2 Å². The van der Waals surface area contributed by atoms with Gasteiger partial charge >= 0.3 is 5.97 Å². The molecule has 1 atom stereocenters. The van der Waals surface area contributed by atoms with Crippen LogP contribution in [0.15, 0.2) is 34.5 Å². The number of aliphatic carboxylic acids is 1. The number of halogens is 1. The lowest BCUT2D eigenvalue weighted by atomic mass is 10.2. The fraction of sp³-hybridized carbons (Fsp3) is 0.167. The van der Waals surface area contributed by atoms with Crippen molar-refractivity contribution < 1.29 is 14.7 Å². The van der Waals surface area contributed by atoms with Gasteiger partial charge in [-0.15, -0.1) is 5.10 Å². The van der Waals surface area contributed by atoms with Gasteiger partial charge in [0.15, 0.2) is 5.17 Å². The Hall–Kier alpha value is -1.86. The van der Waals surface area contributed by atoms with Gasteiger partial charge in [-0.05, 0) is 17.7 Å². The van der Waals surface area contributed by atoms with E-state index in [1.54, 1.807) is 18.2 Å². The van der Waals surface area contributed by atoms with Gasteiger partial charge in [-0.3, -0.25) is 9.59 Å². The Labute approximate surface area is 123 Å². The Balaban J connectivity index is 1.99. The highest BCUT2D eigenvalue weighted by Crippen LogP contribution is 2.22. The van der Waals surface area contributed by atoms with E-state index in [1.807, 2.05) is 6.07 Å². The van der Waals surface area contributed by atoms with Crippen LogP contribution >= 0.6 is 23.4 Å². The molecule has 1 aromatic rings. The number of hydrogen-bond donors (Lipinski definition) is 2. The Bertz CT molecular complexity index is 603. The number of nitrogens with zero attached hydrogens (tertiary/aromatic N) is 2. The molecule has 20 heavy (non-hydrogen) atoms. The molecule has 1 unspecified atom stereocenters. The van der Waals surface area contributed by atoms with Crippen LogP contribution in [-0.4, -0.2) is 33.6 Å². The number of carbonyl (C=O) groups excluding carboxylic acids is 1. The third-order valence-electron chi connectivity index (χ3n) is 2.34. The van der Waals surface area contributed by atoms with Crippen molar-refractivity contribution in [3.8, 4) is 0 Å². The van der Waals surface area contributed by atoms with Gasteiger partial charge in [0.25, 0.3) is 0 Å². The van der Waals surface area contributed by atoms with Gasteiger partial charge in [0.1, 0.15) is 5.25 Å². The number of benzene rings is 1. The lowest BCUT2D eigenvalue weighted by Gasteiger charge is -1.97. The molecule has 0 radical (unpaired) electrons. The van der Waals surface area contributed by atoms with Crippen LogP contribution in [-0.2, 0) is 9.59 Å². The molecule has 1 aromatic carbocycles. The number of hydrogen-bond acceptors (Lipinski definition) is 5. The first kappa shape index (κ1) is 14.5. The summed E-state index contributed by atoms with van der Waals surface area (Å²) in [6.07, 6.45) is 1.25. The Kier molecular flexibility index (Phi) is 4.75. The minimum Gasteiger partial charge on any atom is -0.481 e. The average molecular weight is 312 g/mol. The molecule has 1 aliphatic rings. The van der Waals surface area contributed by atoms with Gasteiger partial charge in [-0.25, -0.2) is 0 Å². The van der Waals surface area contributed by atoms with Crippen LogP contribution in [0.4, 0.5) is 0 Å². The maximum Gasteiger partial charge on any atom is 0.305 e. The van der Waals surface area contributed by atoms with E-state index in [2.05, 4.69) is 15.5 Å². The van der Waals surface area contributed by atoms with Gasteiger partial charge in [-0.2, -0.15) is 5.10 Å². The summed E-state index contributed by atoms with van der Waals surface area (Å²) in [5.74, 6) is -1.39. The molecule has 2 rings (SSSR count). The van der Waals surface area contributed by atoms with Gasteiger partial charge in [0.05, 0.1) is 12.6 Å². The van der Waals surface area contributed by atoms with Crippen LogP contribution < -0.4 is 5.32 Å². The van der Waals surface area contributed by atoms with Gasteiger partial charge in [0.2, 0.25) is 5.91 Å². The van der Waals surface area contributed by atoms with Crippen LogP contribution in [0.2, 0.25) is 5.02 Å². The summed E-state index contributed by atoms with van der Waals surface area (Å²) in [5.41, 5.74) is 0.776. The highest BCUT2D eigenvalue weighted by Gasteiger charge is 2.32. The average Bonchev–Trinajstić information content (AvgIpc) is 2.69. The Morgan fingerprint density at radius 1 is 1.55 bits per heavy atom. The van der Waals surface area contributed by atoms with E-state index in [0.29, 0.717) is 10.2 Å². The second-order valence-corrected chi connectivity index (χ2v) is 5.53. The van der Waals surface area contributed by atoms with Crippen LogP contribution in [0.25, 0.3) is 0 Å². The summed E-state index contributed by atoms with van der Waals surface area (Å²) in [6.45, 7) is 0. The van der Waals surface area contributed by atoms with Gasteiger partial charge < -0.3 is 10.4 Å². The molecule has 0 aliphatic carbocycles. The Morgan fingerprint density at radius 2 is 2.35 bits per heavy atom. The molecule has 0 aromatic heterocycles. The van der Waals surface area contributed by atoms with Gasteiger partial charge in [-0.1, -0.05) is 35.5 Å². The number of thioether (sulfide) groups is 1. The predicted molar refractivity (Wildman–Crippen MR) is 78.3 cm³/mol. The zero-order valence-corrected chi connectivity index (χ0v) is 11.7. The highest BCUT2D eigenvalue weighted by atomic mass is 35.5. The van der Waals surface area contributed by atoms with Crippen molar-refractivity contribution in [2.75, 3.05) is 0 Å². The smallest absolute Gasteiger partial charge is 0.305 e. The van der Waals surface area contributed by atoms with Crippen molar-refractivity contribution in [1.82, 2.24) is 5.32 Å². The van der Waals surface area contributed by atoms with E-state index in [4.69, 9.17) is 16.7 Å². The molecule has 8 heteroatoms. The van der Waals surface area contributed by atoms with Crippen LogP contribution in [0.5, 0.6) is 0 Å². The van der Waals surface area contributed by atoms with E-state index in [-0.39, 0.29) is 12.3 Å². The lowest BCUT2D eigenvalue weighted by Crippen LogP contribution is -2.26. The molecule has 0 saturated carbocycles. The summed E-state index contributed by atoms with van der Waals surface area (Å²) >= 11 is 6.88. The maximum atomic E-state index is 11.5. The number of carboxylic acid groups (broad SMARTS) is 1. The van der Waals surface area contributed by atoms with Crippen LogP contribution in [0, 0.1) is 0 Å². The first-order valence-electron chi connectivity index (χ1n) is 5.60. The number of carbonyl (C=O) groups is 2. The molecule has 1 amide bonds. The molecule has 104 valence electrons. The third-order valence-corrected chi connectivity index (χ3v) is 3.65. The van der Waals surface area contributed by atoms with Crippen molar-refractivity contribution >= 4 is 46.6 Å². The fourth-order valence-corrected chi connectivity index (χ4v) is 2.59. The van der Waals surface area contributed by atoms with Crippen LogP contribution in [0.3, 0.4) is 0 Å². The Morgan fingerprint density at radius 3 is 3.05 bits per heavy atom. The highest BCUT2D eigenvalue weighted by molar-refractivity contribution is 8.15. The number of carboxylic acids is 1. The number of nitrogens with one attached hydrogen (secondary N) is 1. The molecule has 1 aliphatic heterocycles. The number of rotatable bonds is 4. The summed E-state index contributed by atoms with van der Waals surface area (Å²) in [4.78, 5) is 22.0. The summed E-state index contributed by atoms with van der Waals surface area (Å²) in [6, 6.07) is 7.06. The van der Waals surface area contributed by atoms with E-state index in [9.17, 15) is 9.59 Å². The van der Waals surface area contributed by atoms with Crippen LogP contribution in [0.1, 0.15) is 12.0 Å². The maximum absolute atomic E-state index is 11.5. The molecule has 6 nitrogen and oxygen atoms in total. The SMILES string of the molecule is O=C(O)CC1SC(=NN=Cc2cccc(Cl)c2)NC1=O. The van der Waals surface area contributed by atoms with E-state index in [0.717, 1.165) is 17.3 Å². The van der Waals surface area contributed by atoms with Gasteiger partial charge in [0, 0.05) is 5.02 Å². The van der Waals surface area contributed by atoms with Crippen molar-refractivity contribution in [2.24, 2.45) is 10.2 Å². The van der Waals surface area contributed by atoms with Crippen molar-refractivity contribution in [2.45, 2.75) is 11.7 Å². The molecule has 0 spiro atoms. The fourth-order valence-electron chi connectivity index (χ4n) is 1.48. The molecule has 2 N–H and O–H groups in total. The molecule has 1 saturated heterocycles. The largest absolute Gasteiger partial charge is 0.481 e. The summed E-state index contributed by atoms with van der Waals surface area (Å²) in [5, 5.41) is 19.0. The molecule has 1 heterocycles. The topological polar surface area (TPSA) is 91.1 Å². The van der Waals surface area contributed by atoms with E-state index in [1.165, 1.54) is 6.21 Å². The first-order valence-corrected chi connectivity index (χ1v) is 6.86. The second-order valence-electron chi connectivity index (χ2n) is 3.90. The monoisotopic (exact) mass is 311 g/mol. The predicted octanol–water partition coefficient (Wildman–Crippen LogP) is 1.74. The summed E-state index contributed by atoms with van der Waals surface area (Å²) in [7, 11) is 0. The van der Waals surface area contributed by atoms with Crippen molar-refractivity contribution in [3.63, 3.8) is 0 Å². The quantitative estimate of drug-likeness (QED) is 0.654. The normalized spacial score (nSPS) is 20.6. The number of amidine groups is 1. The third kappa shape index (κ3) is 4.07. The first-order chi connectivity index (χ1) is 9.54. The zero-order chi connectivity index (χ0) is 14.5. The number of amides is 1. The molecular weight excluding hydrogens is 302 g/mol. The van der Waals surface area contributed by atoms with Crippen molar-refractivity contribution in [1.29, 1.82) is 0 Å². The lowest BCUT2D eigenvalue weighted by molar-refractivity contribution is -0.138. The van der Waals surface area contributed by atoms with E-state index >= 15 is 0 Å².